The molecule has 0 saturated heterocycles. The molecule has 3 amide bonds. The molecule has 1 aliphatic rings. The van der Waals surface area contributed by atoms with Crippen LogP contribution in [-0.4, -0.2) is 64.9 Å². The first-order valence-electron chi connectivity index (χ1n) is 7.62. The number of esters is 1. The Bertz CT molecular complexity index is 740. The van der Waals surface area contributed by atoms with Crippen molar-refractivity contribution in [1.82, 2.24) is 10.2 Å². The second kappa shape index (κ2) is 7.74. The van der Waals surface area contributed by atoms with Gasteiger partial charge in [0.25, 0.3) is 11.8 Å². The second-order valence-electron chi connectivity index (χ2n) is 5.61. The molecule has 1 aromatic carbocycles. The summed E-state index contributed by atoms with van der Waals surface area (Å²) in [6, 6.07) is 3.66. The standard InChI is InChI=1S/C16H17N3O7/c1-8(17)13(21)18-11(16(24)25)7-26-12(20)6-19-14(22)9-4-2-3-5-10(9)15(19)23/h2-5,8,11H,6-7,17H2,1H3,(H,18,21)(H,24,25)/t8-,11-/m0/s1. The molecule has 1 aliphatic heterocycles. The second-order valence-corrected chi connectivity index (χ2v) is 5.61. The Hall–Kier alpha value is -3.27. The normalized spacial score (nSPS) is 15.2. The molecule has 138 valence electrons. The number of carbonyl (C=O) groups excluding carboxylic acids is 4. The van der Waals surface area contributed by atoms with Crippen LogP contribution in [0.2, 0.25) is 0 Å². The number of benzene rings is 1. The minimum atomic E-state index is -1.50. The number of rotatable bonds is 7. The highest BCUT2D eigenvalue weighted by molar-refractivity contribution is 6.22. The Labute approximate surface area is 147 Å². The van der Waals surface area contributed by atoms with Gasteiger partial charge in [0.05, 0.1) is 17.2 Å². The molecule has 0 unspecified atom stereocenters. The van der Waals surface area contributed by atoms with Crippen LogP contribution >= 0.6 is 0 Å². The van der Waals surface area contributed by atoms with Gasteiger partial charge >= 0.3 is 11.9 Å². The number of carboxylic acids is 1. The lowest BCUT2D eigenvalue weighted by Gasteiger charge is -2.17. The first kappa shape index (κ1) is 19.1. The summed E-state index contributed by atoms with van der Waals surface area (Å²) in [7, 11) is 0. The van der Waals surface area contributed by atoms with Crippen LogP contribution in [0.4, 0.5) is 0 Å². The van der Waals surface area contributed by atoms with Gasteiger partial charge in [-0.15, -0.1) is 0 Å². The molecule has 0 aromatic heterocycles. The molecule has 0 aliphatic carbocycles. The van der Waals surface area contributed by atoms with Gasteiger partial charge in [0.15, 0.2) is 6.04 Å². The van der Waals surface area contributed by atoms with Gasteiger partial charge in [-0.05, 0) is 19.1 Å². The molecule has 0 bridgehead atoms. The molecule has 0 fully saturated rings. The lowest BCUT2D eigenvalue weighted by Crippen LogP contribution is -2.50. The van der Waals surface area contributed by atoms with E-state index >= 15 is 0 Å². The van der Waals surface area contributed by atoms with Crippen molar-refractivity contribution < 1.29 is 33.8 Å². The summed E-state index contributed by atoms with van der Waals surface area (Å²) in [5.41, 5.74) is 5.68. The molecule has 26 heavy (non-hydrogen) atoms. The van der Waals surface area contributed by atoms with Crippen molar-refractivity contribution in [2.75, 3.05) is 13.2 Å². The van der Waals surface area contributed by atoms with Crippen molar-refractivity contribution in [3.05, 3.63) is 35.4 Å². The summed E-state index contributed by atoms with van der Waals surface area (Å²) in [6.07, 6.45) is 0. The van der Waals surface area contributed by atoms with Gasteiger partial charge in [0, 0.05) is 0 Å². The molecule has 0 radical (unpaired) electrons. The van der Waals surface area contributed by atoms with Crippen LogP contribution in [0.5, 0.6) is 0 Å². The first-order valence-corrected chi connectivity index (χ1v) is 7.62. The highest BCUT2D eigenvalue weighted by atomic mass is 16.5. The SMILES string of the molecule is C[C@H](N)C(=O)N[C@@H](COC(=O)CN1C(=O)c2ccccc2C1=O)C(=O)O. The molecule has 2 atom stereocenters. The molecule has 10 nitrogen and oxygen atoms in total. The number of nitrogens with zero attached hydrogens (tertiary/aromatic N) is 1. The number of nitrogens with one attached hydrogen (secondary N) is 1. The summed E-state index contributed by atoms with van der Waals surface area (Å²) in [5, 5.41) is 11.1. The summed E-state index contributed by atoms with van der Waals surface area (Å²) in [6.45, 7) is 0.0260. The van der Waals surface area contributed by atoms with E-state index in [4.69, 9.17) is 15.6 Å². The van der Waals surface area contributed by atoms with Crippen molar-refractivity contribution in [2.45, 2.75) is 19.0 Å². The molecular weight excluding hydrogens is 346 g/mol. The fraction of sp³-hybridized carbons (Fsp3) is 0.312. The minimum Gasteiger partial charge on any atom is -0.480 e. The van der Waals surface area contributed by atoms with E-state index in [1.165, 1.54) is 19.1 Å². The zero-order valence-electron chi connectivity index (χ0n) is 13.8. The third kappa shape index (κ3) is 4.03. The van der Waals surface area contributed by atoms with Crippen LogP contribution in [0.1, 0.15) is 27.6 Å². The van der Waals surface area contributed by atoms with Gasteiger partial charge in [-0.2, -0.15) is 0 Å². The number of carboxylic acid groups (broad SMARTS) is 1. The Morgan fingerprint density at radius 1 is 1.19 bits per heavy atom. The van der Waals surface area contributed by atoms with Crippen LogP contribution in [0.25, 0.3) is 0 Å². The molecule has 0 saturated carbocycles. The lowest BCUT2D eigenvalue weighted by atomic mass is 10.1. The predicted molar refractivity (Wildman–Crippen MR) is 86.0 cm³/mol. The average molecular weight is 363 g/mol. The van der Waals surface area contributed by atoms with Gasteiger partial charge in [0.1, 0.15) is 13.2 Å². The van der Waals surface area contributed by atoms with Crippen LogP contribution in [0, 0.1) is 0 Å². The van der Waals surface area contributed by atoms with Crippen molar-refractivity contribution in [1.29, 1.82) is 0 Å². The molecule has 10 heteroatoms. The van der Waals surface area contributed by atoms with Gasteiger partial charge in [-0.1, -0.05) is 12.1 Å². The Kier molecular flexibility index (Phi) is 5.68. The number of nitrogens with two attached hydrogens (primary N) is 1. The molecule has 2 rings (SSSR count). The van der Waals surface area contributed by atoms with E-state index in [9.17, 15) is 24.0 Å². The number of amides is 3. The van der Waals surface area contributed by atoms with E-state index < -0.39 is 54.9 Å². The summed E-state index contributed by atoms with van der Waals surface area (Å²) >= 11 is 0. The fourth-order valence-electron chi connectivity index (χ4n) is 2.21. The number of hydrogen-bond acceptors (Lipinski definition) is 7. The van der Waals surface area contributed by atoms with Crippen molar-refractivity contribution >= 4 is 29.7 Å². The van der Waals surface area contributed by atoms with E-state index in [0.29, 0.717) is 4.90 Å². The van der Waals surface area contributed by atoms with Crippen molar-refractivity contribution in [3.8, 4) is 0 Å². The molecular formula is C16H17N3O7. The third-order valence-corrected chi connectivity index (χ3v) is 3.60. The average Bonchev–Trinajstić information content (AvgIpc) is 2.83. The maximum Gasteiger partial charge on any atom is 0.329 e. The lowest BCUT2D eigenvalue weighted by molar-refractivity contribution is -0.150. The summed E-state index contributed by atoms with van der Waals surface area (Å²) in [4.78, 5) is 59.4. The van der Waals surface area contributed by atoms with Gasteiger partial charge < -0.3 is 20.9 Å². The Morgan fingerprint density at radius 2 is 1.73 bits per heavy atom. The van der Waals surface area contributed by atoms with Crippen molar-refractivity contribution in [3.63, 3.8) is 0 Å². The third-order valence-electron chi connectivity index (χ3n) is 3.60. The zero-order chi connectivity index (χ0) is 19.4. The van der Waals surface area contributed by atoms with Crippen LogP contribution in [0.3, 0.4) is 0 Å². The number of ether oxygens (including phenoxy) is 1. The van der Waals surface area contributed by atoms with Crippen LogP contribution in [0.15, 0.2) is 24.3 Å². The van der Waals surface area contributed by atoms with Gasteiger partial charge in [-0.3, -0.25) is 24.1 Å². The monoisotopic (exact) mass is 363 g/mol. The zero-order valence-corrected chi connectivity index (χ0v) is 13.8. The maximum atomic E-state index is 12.1. The molecule has 0 spiro atoms. The van der Waals surface area contributed by atoms with Crippen LogP contribution in [-0.2, 0) is 19.1 Å². The number of imide groups is 1. The topological polar surface area (TPSA) is 156 Å². The number of carbonyl (C=O) groups is 5. The number of hydrogen-bond donors (Lipinski definition) is 3. The highest BCUT2D eigenvalue weighted by Crippen LogP contribution is 2.22. The number of aliphatic carboxylic acids is 1. The number of fused-ring (bicyclic) bond motifs is 1. The largest absolute Gasteiger partial charge is 0.480 e. The maximum absolute atomic E-state index is 12.1. The molecule has 1 aromatic rings. The van der Waals surface area contributed by atoms with Gasteiger partial charge in [-0.25, -0.2) is 4.79 Å². The Balaban J connectivity index is 1.94. The summed E-state index contributed by atoms with van der Waals surface area (Å²) in [5.74, 6) is -4.41. The minimum absolute atomic E-state index is 0.179. The van der Waals surface area contributed by atoms with E-state index in [1.807, 2.05) is 0 Å². The summed E-state index contributed by atoms with van der Waals surface area (Å²) < 4.78 is 4.78. The molecule has 1 heterocycles. The smallest absolute Gasteiger partial charge is 0.329 e. The quantitative estimate of drug-likeness (QED) is 0.400. The van der Waals surface area contributed by atoms with Crippen molar-refractivity contribution in [2.24, 2.45) is 5.73 Å². The fourth-order valence-corrected chi connectivity index (χ4v) is 2.21. The van der Waals surface area contributed by atoms with Gasteiger partial charge in [0.2, 0.25) is 5.91 Å². The highest BCUT2D eigenvalue weighted by Gasteiger charge is 2.36. The van der Waals surface area contributed by atoms with E-state index in [2.05, 4.69) is 5.32 Å². The first-order chi connectivity index (χ1) is 12.2. The van der Waals surface area contributed by atoms with Crippen LogP contribution < -0.4 is 11.1 Å². The predicted octanol–water partition coefficient (Wildman–Crippen LogP) is -1.26. The Morgan fingerprint density at radius 3 is 2.19 bits per heavy atom. The van der Waals surface area contributed by atoms with E-state index in [0.717, 1.165) is 0 Å². The molecule has 4 N–H and O–H groups in total. The van der Waals surface area contributed by atoms with E-state index in [1.54, 1.807) is 12.1 Å². The van der Waals surface area contributed by atoms with E-state index in [-0.39, 0.29) is 11.1 Å².